The van der Waals surface area contributed by atoms with Gasteiger partial charge in [-0.15, -0.1) is 0 Å². The monoisotopic (exact) mass is 146 g/mol. The quantitative estimate of drug-likeness (QED) is 0.528. The second-order valence-corrected chi connectivity index (χ2v) is 4.60. The fourth-order valence-electron chi connectivity index (χ4n) is 0.708. The van der Waals surface area contributed by atoms with Gasteiger partial charge >= 0.3 is 0 Å². The molecule has 9 heavy (non-hydrogen) atoms. The molecule has 0 aliphatic carbocycles. The van der Waals surface area contributed by atoms with Crippen molar-refractivity contribution in [2.24, 2.45) is 0 Å². The second-order valence-electron chi connectivity index (χ2n) is 2.18. The van der Waals surface area contributed by atoms with E-state index in [2.05, 4.69) is 6.66 Å². The summed E-state index contributed by atoms with van der Waals surface area (Å²) in [5.74, 6) is 0.113. The summed E-state index contributed by atoms with van der Waals surface area (Å²) in [5, 5.41) is 8.86. The smallest absolute Gasteiger partial charge is 0.272 e. The van der Waals surface area contributed by atoms with E-state index in [1.807, 2.05) is 0 Å². The fourth-order valence-corrected chi connectivity index (χ4v) is 1.76. The molecule has 0 amide bonds. The van der Waals surface area contributed by atoms with Gasteiger partial charge < -0.3 is 9.84 Å². The number of allylic oxidation sites excluding steroid dienone is 1. The highest BCUT2D eigenvalue weighted by molar-refractivity contribution is 7.56. The molecule has 0 aromatic carbocycles. The lowest BCUT2D eigenvalue weighted by molar-refractivity contribution is 0.124. The van der Waals surface area contributed by atoms with Crippen molar-refractivity contribution in [3.05, 3.63) is 12.0 Å². The van der Waals surface area contributed by atoms with Crippen LogP contribution in [0.2, 0.25) is 0 Å². The minimum Gasteiger partial charge on any atom is -0.481 e. The Hall–Kier alpha value is -0.230. The van der Waals surface area contributed by atoms with Crippen LogP contribution in [-0.4, -0.2) is 24.3 Å². The highest BCUT2D eigenvalue weighted by Gasteiger charge is 2.06. The normalized spacial score (nSPS) is 28.1. The third kappa shape index (κ3) is 2.23. The number of hydrogen-bond donors (Lipinski definition) is 1. The predicted octanol–water partition coefficient (Wildman–Crippen LogP) is 1.88. The van der Waals surface area contributed by atoms with Crippen molar-refractivity contribution in [1.29, 1.82) is 0 Å². The van der Waals surface area contributed by atoms with Gasteiger partial charge in [-0.25, -0.2) is 0 Å². The Morgan fingerprint density at radius 3 is 3.33 bits per heavy atom. The van der Waals surface area contributed by atoms with E-state index >= 15 is 0 Å². The first-order chi connectivity index (χ1) is 4.29. The maximum Gasteiger partial charge on any atom is 0.272 e. The van der Waals surface area contributed by atoms with E-state index in [0.29, 0.717) is 0 Å². The molecule has 1 aliphatic heterocycles. The molecular weight excluding hydrogens is 135 g/mol. The zero-order valence-corrected chi connectivity index (χ0v) is 6.40. The van der Waals surface area contributed by atoms with Crippen LogP contribution >= 0.6 is 7.92 Å². The molecular formula is C6H11O2P. The molecule has 2 nitrogen and oxygen atoms in total. The number of aliphatic hydroxyl groups is 1. The summed E-state index contributed by atoms with van der Waals surface area (Å²) in [6.45, 7) is 2.18. The van der Waals surface area contributed by atoms with Gasteiger partial charge in [0.05, 0.1) is 0 Å². The van der Waals surface area contributed by atoms with E-state index < -0.39 is 0 Å². The molecule has 3 heteroatoms. The SMILES string of the molecule is CP1CCC=C(O)OC1. The minimum absolute atomic E-state index is 0.0208. The predicted molar refractivity (Wildman–Crippen MR) is 39.0 cm³/mol. The molecule has 1 heterocycles. The Kier molecular flexibility index (Phi) is 2.35. The van der Waals surface area contributed by atoms with Crippen molar-refractivity contribution in [2.75, 3.05) is 19.2 Å². The highest BCUT2D eigenvalue weighted by Crippen LogP contribution is 2.33. The largest absolute Gasteiger partial charge is 0.481 e. The van der Waals surface area contributed by atoms with Gasteiger partial charge in [-0.05, 0) is 25.3 Å². The summed E-state index contributed by atoms with van der Waals surface area (Å²) < 4.78 is 4.96. The lowest BCUT2D eigenvalue weighted by atomic mass is 10.5. The van der Waals surface area contributed by atoms with Crippen LogP contribution < -0.4 is 0 Å². The molecule has 0 saturated heterocycles. The number of hydrogen-bond acceptors (Lipinski definition) is 2. The number of aliphatic hydroxyl groups excluding tert-OH is 1. The van der Waals surface area contributed by atoms with Crippen molar-refractivity contribution in [3.8, 4) is 0 Å². The van der Waals surface area contributed by atoms with Crippen molar-refractivity contribution >= 4 is 7.92 Å². The maximum atomic E-state index is 8.86. The lowest BCUT2D eigenvalue weighted by Crippen LogP contribution is -1.89. The van der Waals surface area contributed by atoms with Crippen molar-refractivity contribution < 1.29 is 9.84 Å². The minimum atomic E-state index is 0.0208. The highest BCUT2D eigenvalue weighted by atomic mass is 31.1. The van der Waals surface area contributed by atoms with Crippen LogP contribution in [0.25, 0.3) is 0 Å². The Morgan fingerprint density at radius 2 is 2.56 bits per heavy atom. The van der Waals surface area contributed by atoms with E-state index in [0.717, 1.165) is 12.8 Å². The van der Waals surface area contributed by atoms with E-state index in [4.69, 9.17) is 9.84 Å². The molecule has 1 N–H and O–H groups in total. The van der Waals surface area contributed by atoms with Crippen LogP contribution in [0, 0.1) is 0 Å². The average Bonchev–Trinajstić information content (AvgIpc) is 1.97. The summed E-state index contributed by atoms with van der Waals surface area (Å²) in [6.07, 6.45) is 4.61. The lowest BCUT2D eigenvalue weighted by Gasteiger charge is -2.06. The Labute approximate surface area is 56.3 Å². The standard InChI is InChI=1S/C6H11O2P/c1-9-4-2-3-6(7)8-5-9/h3,7H,2,4-5H2,1H3. The first-order valence-corrected chi connectivity index (χ1v) is 5.15. The van der Waals surface area contributed by atoms with Crippen LogP contribution in [0.3, 0.4) is 0 Å². The average molecular weight is 146 g/mol. The molecule has 0 bridgehead atoms. The van der Waals surface area contributed by atoms with E-state index in [1.54, 1.807) is 6.08 Å². The zero-order chi connectivity index (χ0) is 6.69. The molecule has 1 rings (SSSR count). The van der Waals surface area contributed by atoms with Crippen LogP contribution in [-0.2, 0) is 4.74 Å². The topological polar surface area (TPSA) is 29.5 Å². The van der Waals surface area contributed by atoms with E-state index in [1.165, 1.54) is 6.16 Å². The third-order valence-electron chi connectivity index (χ3n) is 1.26. The van der Waals surface area contributed by atoms with Gasteiger partial charge in [0, 0.05) is 0 Å². The van der Waals surface area contributed by atoms with Gasteiger partial charge in [0.15, 0.2) is 0 Å². The van der Waals surface area contributed by atoms with Gasteiger partial charge in [-0.1, -0.05) is 7.92 Å². The molecule has 1 aliphatic rings. The summed E-state index contributed by atoms with van der Waals surface area (Å²) in [4.78, 5) is 0. The van der Waals surface area contributed by atoms with Gasteiger partial charge in [0.25, 0.3) is 5.95 Å². The van der Waals surface area contributed by atoms with Gasteiger partial charge in [-0.3, -0.25) is 0 Å². The molecule has 52 valence electrons. The van der Waals surface area contributed by atoms with Crippen molar-refractivity contribution in [2.45, 2.75) is 6.42 Å². The first kappa shape index (κ1) is 6.88. The van der Waals surface area contributed by atoms with Crippen LogP contribution in [0.15, 0.2) is 12.0 Å². The Morgan fingerprint density at radius 1 is 1.78 bits per heavy atom. The molecule has 1 atom stereocenters. The Bertz CT molecular complexity index is 122. The van der Waals surface area contributed by atoms with Crippen LogP contribution in [0.1, 0.15) is 6.42 Å². The Balaban J connectivity index is 2.39. The second kappa shape index (κ2) is 3.07. The molecule has 0 spiro atoms. The summed E-state index contributed by atoms with van der Waals surface area (Å²) >= 11 is 0. The van der Waals surface area contributed by atoms with Crippen molar-refractivity contribution in [1.82, 2.24) is 0 Å². The summed E-state index contributed by atoms with van der Waals surface area (Å²) in [5.41, 5.74) is 0. The van der Waals surface area contributed by atoms with Gasteiger partial charge in [0.2, 0.25) is 0 Å². The number of rotatable bonds is 0. The maximum absolute atomic E-state index is 8.86. The first-order valence-electron chi connectivity index (χ1n) is 2.99. The fraction of sp³-hybridized carbons (Fsp3) is 0.667. The van der Waals surface area contributed by atoms with E-state index in [9.17, 15) is 0 Å². The summed E-state index contributed by atoms with van der Waals surface area (Å²) in [6, 6.07) is 0. The van der Waals surface area contributed by atoms with Gasteiger partial charge in [0.1, 0.15) is 6.35 Å². The summed E-state index contributed by atoms with van der Waals surface area (Å²) in [7, 11) is 0.0208. The van der Waals surface area contributed by atoms with E-state index in [-0.39, 0.29) is 13.9 Å². The molecule has 0 fully saturated rings. The third-order valence-corrected chi connectivity index (χ3v) is 2.85. The zero-order valence-electron chi connectivity index (χ0n) is 5.50. The molecule has 0 saturated carbocycles. The van der Waals surface area contributed by atoms with Crippen LogP contribution in [0.5, 0.6) is 0 Å². The molecule has 0 aromatic rings. The molecule has 0 aromatic heterocycles. The van der Waals surface area contributed by atoms with Gasteiger partial charge in [-0.2, -0.15) is 0 Å². The molecule has 1 unspecified atom stereocenters. The van der Waals surface area contributed by atoms with Crippen molar-refractivity contribution in [3.63, 3.8) is 0 Å². The molecule has 0 radical (unpaired) electrons. The van der Waals surface area contributed by atoms with Crippen LogP contribution in [0.4, 0.5) is 0 Å². The number of ether oxygens (including phenoxy) is 1.